The molecule has 3 rings (SSSR count). The minimum atomic E-state index is -3.51. The van der Waals surface area contributed by atoms with Gasteiger partial charge in [0.2, 0.25) is 0 Å². The summed E-state index contributed by atoms with van der Waals surface area (Å²) in [5, 5.41) is 0. The zero-order valence-electron chi connectivity index (χ0n) is 15.3. The van der Waals surface area contributed by atoms with E-state index in [2.05, 4.69) is 0 Å². The molecule has 10 heteroatoms. The van der Waals surface area contributed by atoms with E-state index in [0.29, 0.717) is 32.8 Å². The zero-order chi connectivity index (χ0) is 18.7. The second-order valence-electron chi connectivity index (χ2n) is 7.06. The summed E-state index contributed by atoms with van der Waals surface area (Å²) >= 11 is 0. The van der Waals surface area contributed by atoms with Gasteiger partial charge >= 0.3 is 11.8 Å². The highest BCUT2D eigenvalue weighted by Gasteiger charge is 2.38. The molecule has 0 saturated carbocycles. The number of piperazine rings is 1. The third-order valence-electron chi connectivity index (χ3n) is 5.37. The lowest BCUT2D eigenvalue weighted by Gasteiger charge is -2.40. The van der Waals surface area contributed by atoms with Crippen molar-refractivity contribution in [3.05, 3.63) is 0 Å². The van der Waals surface area contributed by atoms with Crippen LogP contribution in [-0.4, -0.2) is 104 Å². The molecule has 0 aromatic carbocycles. The summed E-state index contributed by atoms with van der Waals surface area (Å²) in [7, 11) is -3.51. The summed E-state index contributed by atoms with van der Waals surface area (Å²) in [5.74, 6) is -1.07. The number of hydrogen-bond acceptors (Lipinski definition) is 5. The molecule has 9 nitrogen and oxygen atoms in total. The van der Waals surface area contributed by atoms with Gasteiger partial charge in [0.05, 0.1) is 13.2 Å². The molecule has 3 saturated heterocycles. The highest BCUT2D eigenvalue weighted by molar-refractivity contribution is 7.86. The quantitative estimate of drug-likeness (QED) is 0.573. The average molecular weight is 388 g/mol. The molecule has 0 N–H and O–H groups in total. The van der Waals surface area contributed by atoms with E-state index in [1.807, 2.05) is 6.92 Å². The first-order chi connectivity index (χ1) is 12.4. The fourth-order valence-corrected chi connectivity index (χ4v) is 5.56. The zero-order valence-corrected chi connectivity index (χ0v) is 16.1. The first kappa shape index (κ1) is 19.5. The van der Waals surface area contributed by atoms with Gasteiger partial charge in [-0.1, -0.05) is 6.42 Å². The molecule has 148 valence electrons. The van der Waals surface area contributed by atoms with E-state index < -0.39 is 22.0 Å². The highest BCUT2D eigenvalue weighted by Crippen LogP contribution is 2.23. The van der Waals surface area contributed by atoms with Crippen LogP contribution in [0.1, 0.15) is 26.2 Å². The normalized spacial score (nSPS) is 26.7. The van der Waals surface area contributed by atoms with Gasteiger partial charge in [0.1, 0.15) is 0 Å². The SMILES string of the molecule is CC1CCCCN1S(=O)(=O)N1CCN(C(=O)C(=O)N2CCOCC2)CC1. The standard InChI is InChI=1S/C16H28N4O5S/c1-14-4-2-3-5-20(14)26(23,24)19-8-6-17(7-9-19)15(21)16(22)18-10-12-25-13-11-18/h14H,2-13H2,1H3. The summed E-state index contributed by atoms with van der Waals surface area (Å²) in [6.45, 7) is 5.18. The summed E-state index contributed by atoms with van der Waals surface area (Å²) in [5.41, 5.74) is 0. The summed E-state index contributed by atoms with van der Waals surface area (Å²) in [6.07, 6.45) is 2.82. The van der Waals surface area contributed by atoms with Gasteiger partial charge in [-0.05, 0) is 19.8 Å². The van der Waals surface area contributed by atoms with Gasteiger partial charge in [-0.3, -0.25) is 9.59 Å². The summed E-state index contributed by atoms with van der Waals surface area (Å²) < 4.78 is 34.0. The molecule has 0 aromatic rings. The molecule has 3 fully saturated rings. The van der Waals surface area contributed by atoms with Gasteiger partial charge in [0, 0.05) is 51.9 Å². The molecule has 3 heterocycles. The van der Waals surface area contributed by atoms with Gasteiger partial charge in [-0.15, -0.1) is 0 Å². The van der Waals surface area contributed by atoms with Crippen molar-refractivity contribution in [2.24, 2.45) is 0 Å². The van der Waals surface area contributed by atoms with Crippen molar-refractivity contribution in [3.63, 3.8) is 0 Å². The Kier molecular flexibility index (Phi) is 6.16. The second-order valence-corrected chi connectivity index (χ2v) is 8.94. The maximum absolute atomic E-state index is 12.9. The minimum Gasteiger partial charge on any atom is -0.378 e. The van der Waals surface area contributed by atoms with E-state index in [4.69, 9.17) is 4.74 Å². The van der Waals surface area contributed by atoms with Crippen LogP contribution in [-0.2, 0) is 24.5 Å². The Morgan fingerprint density at radius 1 is 0.846 bits per heavy atom. The number of piperidine rings is 1. The molecule has 0 aromatic heterocycles. The molecular weight excluding hydrogens is 360 g/mol. The van der Waals surface area contributed by atoms with Crippen LogP contribution in [0.5, 0.6) is 0 Å². The van der Waals surface area contributed by atoms with E-state index in [9.17, 15) is 18.0 Å². The van der Waals surface area contributed by atoms with Crippen LogP contribution in [0, 0.1) is 0 Å². The first-order valence-corrected chi connectivity index (χ1v) is 10.7. The second kappa shape index (κ2) is 8.20. The fraction of sp³-hybridized carbons (Fsp3) is 0.875. The van der Waals surface area contributed by atoms with Crippen LogP contribution >= 0.6 is 0 Å². The van der Waals surface area contributed by atoms with Crippen LogP contribution in [0.4, 0.5) is 0 Å². The first-order valence-electron chi connectivity index (χ1n) is 9.34. The van der Waals surface area contributed by atoms with Gasteiger partial charge in [0.25, 0.3) is 10.2 Å². The third kappa shape index (κ3) is 4.03. The number of nitrogens with zero attached hydrogens (tertiary/aromatic N) is 4. The Bertz CT molecular complexity index is 627. The van der Waals surface area contributed by atoms with Gasteiger partial charge in [-0.2, -0.15) is 17.0 Å². The monoisotopic (exact) mass is 388 g/mol. The Labute approximate surface area is 155 Å². The lowest BCUT2D eigenvalue weighted by molar-refractivity contribution is -0.154. The van der Waals surface area contributed by atoms with E-state index in [-0.39, 0.29) is 32.2 Å². The van der Waals surface area contributed by atoms with Gasteiger partial charge in [0.15, 0.2) is 0 Å². The Morgan fingerprint density at radius 3 is 2.00 bits per heavy atom. The van der Waals surface area contributed by atoms with Crippen molar-refractivity contribution in [1.29, 1.82) is 0 Å². The Morgan fingerprint density at radius 2 is 1.42 bits per heavy atom. The number of carbonyl (C=O) groups excluding carboxylic acids is 2. The van der Waals surface area contributed by atoms with Crippen molar-refractivity contribution in [3.8, 4) is 0 Å². The maximum atomic E-state index is 12.9. The molecule has 3 aliphatic heterocycles. The van der Waals surface area contributed by atoms with Crippen molar-refractivity contribution < 1.29 is 22.7 Å². The van der Waals surface area contributed by atoms with Crippen LogP contribution in [0.2, 0.25) is 0 Å². The molecule has 0 bridgehead atoms. The number of amides is 2. The number of rotatable bonds is 2. The number of morpholine rings is 1. The van der Waals surface area contributed by atoms with Crippen molar-refractivity contribution in [2.75, 3.05) is 59.0 Å². The van der Waals surface area contributed by atoms with E-state index in [1.54, 1.807) is 4.31 Å². The topological polar surface area (TPSA) is 90.5 Å². The van der Waals surface area contributed by atoms with Crippen molar-refractivity contribution in [2.45, 2.75) is 32.2 Å². The van der Waals surface area contributed by atoms with Crippen molar-refractivity contribution >= 4 is 22.0 Å². The van der Waals surface area contributed by atoms with Crippen LogP contribution in [0.15, 0.2) is 0 Å². The van der Waals surface area contributed by atoms with Gasteiger partial charge < -0.3 is 14.5 Å². The van der Waals surface area contributed by atoms with E-state index >= 15 is 0 Å². The number of ether oxygens (including phenoxy) is 1. The third-order valence-corrected chi connectivity index (χ3v) is 7.52. The lowest BCUT2D eigenvalue weighted by Crippen LogP contribution is -2.58. The largest absolute Gasteiger partial charge is 0.378 e. The summed E-state index contributed by atoms with van der Waals surface area (Å²) in [6, 6.07) is 0.0105. The number of carbonyl (C=O) groups is 2. The van der Waals surface area contributed by atoms with Crippen LogP contribution in [0.3, 0.4) is 0 Å². The van der Waals surface area contributed by atoms with Gasteiger partial charge in [-0.25, -0.2) is 0 Å². The Hall–Kier alpha value is -1.23. The molecule has 1 unspecified atom stereocenters. The van der Waals surface area contributed by atoms with E-state index in [0.717, 1.165) is 19.3 Å². The smallest absolute Gasteiger partial charge is 0.312 e. The van der Waals surface area contributed by atoms with Crippen LogP contribution in [0.25, 0.3) is 0 Å². The molecule has 26 heavy (non-hydrogen) atoms. The predicted molar refractivity (Wildman–Crippen MR) is 94.5 cm³/mol. The molecular formula is C16H28N4O5S. The molecule has 1 atom stereocenters. The summed E-state index contributed by atoms with van der Waals surface area (Å²) in [4.78, 5) is 27.7. The molecule has 2 amide bonds. The maximum Gasteiger partial charge on any atom is 0.312 e. The molecule has 0 aliphatic carbocycles. The van der Waals surface area contributed by atoms with Crippen molar-refractivity contribution in [1.82, 2.24) is 18.4 Å². The number of hydrogen-bond donors (Lipinski definition) is 0. The predicted octanol–water partition coefficient (Wildman–Crippen LogP) is -0.891. The highest BCUT2D eigenvalue weighted by atomic mass is 32.2. The Balaban J connectivity index is 1.56. The molecule has 0 radical (unpaired) electrons. The average Bonchev–Trinajstić information content (AvgIpc) is 2.68. The molecule has 0 spiro atoms. The fourth-order valence-electron chi connectivity index (χ4n) is 3.72. The van der Waals surface area contributed by atoms with E-state index in [1.165, 1.54) is 14.1 Å². The minimum absolute atomic E-state index is 0.0105. The lowest BCUT2D eigenvalue weighted by atomic mass is 10.1. The van der Waals surface area contributed by atoms with Crippen LogP contribution < -0.4 is 0 Å². The molecule has 3 aliphatic rings.